The van der Waals surface area contributed by atoms with Crippen LogP contribution in [0.4, 0.5) is 0 Å². The summed E-state index contributed by atoms with van der Waals surface area (Å²) in [5, 5.41) is 9.81. The maximum atomic E-state index is 12.4. The van der Waals surface area contributed by atoms with Crippen molar-refractivity contribution in [3.63, 3.8) is 0 Å². The van der Waals surface area contributed by atoms with Crippen molar-refractivity contribution in [2.24, 2.45) is 0 Å². The minimum absolute atomic E-state index is 0.0833. The van der Waals surface area contributed by atoms with Gasteiger partial charge < -0.3 is 14.6 Å². The Morgan fingerprint density at radius 3 is 2.22 bits per heavy atom. The first-order valence-corrected chi connectivity index (χ1v) is 8.80. The van der Waals surface area contributed by atoms with Gasteiger partial charge in [-0.1, -0.05) is 24.3 Å². The molecule has 0 bridgehead atoms. The molecule has 0 atom stereocenters. The Labute approximate surface area is 159 Å². The van der Waals surface area contributed by atoms with E-state index in [4.69, 9.17) is 9.47 Å². The molecule has 0 aliphatic heterocycles. The number of para-hydroxylation sites is 2. The third-order valence-electron chi connectivity index (χ3n) is 3.55. The van der Waals surface area contributed by atoms with Gasteiger partial charge >= 0.3 is 5.97 Å². The number of phenols is 1. The van der Waals surface area contributed by atoms with Crippen LogP contribution in [-0.4, -0.2) is 29.1 Å². The zero-order valence-corrected chi connectivity index (χ0v) is 15.9. The highest BCUT2D eigenvalue weighted by Crippen LogP contribution is 2.28. The number of allylic oxidation sites excluding steroid dienone is 1. The summed E-state index contributed by atoms with van der Waals surface area (Å²) in [6.07, 6.45) is 2.48. The number of hydrogen-bond donors (Lipinski definition) is 1. The summed E-state index contributed by atoms with van der Waals surface area (Å²) in [5.74, 6) is -0.554. The summed E-state index contributed by atoms with van der Waals surface area (Å²) in [6.45, 7) is 7.25. The Kier molecular flexibility index (Phi) is 6.77. The van der Waals surface area contributed by atoms with Crippen LogP contribution in [0.1, 0.15) is 54.0 Å². The number of carbonyl (C=O) groups excluding carboxylic acids is 2. The van der Waals surface area contributed by atoms with Crippen molar-refractivity contribution < 1.29 is 24.2 Å². The molecule has 0 spiro atoms. The molecule has 2 rings (SSSR count). The lowest BCUT2D eigenvalue weighted by Crippen LogP contribution is -2.15. The second-order valence-corrected chi connectivity index (χ2v) is 6.56. The maximum absolute atomic E-state index is 12.4. The summed E-state index contributed by atoms with van der Waals surface area (Å²) in [4.78, 5) is 24.7. The molecule has 0 amide bonds. The van der Waals surface area contributed by atoms with Gasteiger partial charge in [-0.2, -0.15) is 0 Å². The zero-order valence-electron chi connectivity index (χ0n) is 15.9. The number of rotatable bonds is 7. The molecule has 1 N–H and O–H groups in total. The quantitative estimate of drug-likeness (QED) is 0.438. The lowest BCUT2D eigenvalue weighted by Gasteiger charge is -2.17. The standard InChI is InChI=1S/C22H24O5/c1-14(2)26-21-16(8-7-10-18(21)22(25)27-15(3)4)12-13-20(24)17-9-5-6-11-19(17)23/h5-15,23H,1-4H3/b13-12+. The molecule has 0 unspecified atom stereocenters. The third-order valence-corrected chi connectivity index (χ3v) is 3.55. The van der Waals surface area contributed by atoms with Crippen molar-refractivity contribution in [1.29, 1.82) is 0 Å². The van der Waals surface area contributed by atoms with Gasteiger partial charge in [0.05, 0.1) is 17.8 Å². The van der Waals surface area contributed by atoms with Crippen LogP contribution in [0, 0.1) is 0 Å². The van der Waals surface area contributed by atoms with Crippen molar-refractivity contribution >= 4 is 17.8 Å². The minimum atomic E-state index is -0.483. The number of ether oxygens (including phenoxy) is 2. The van der Waals surface area contributed by atoms with Gasteiger partial charge in [0.2, 0.25) is 0 Å². The van der Waals surface area contributed by atoms with E-state index < -0.39 is 5.97 Å². The van der Waals surface area contributed by atoms with Gasteiger partial charge in [-0.25, -0.2) is 4.79 Å². The Hall–Kier alpha value is -3.08. The molecule has 2 aromatic carbocycles. The van der Waals surface area contributed by atoms with Crippen molar-refractivity contribution in [3.05, 3.63) is 65.2 Å². The number of aromatic hydroxyl groups is 1. The van der Waals surface area contributed by atoms with Crippen LogP contribution in [0.2, 0.25) is 0 Å². The molecule has 0 radical (unpaired) electrons. The molecule has 0 fully saturated rings. The van der Waals surface area contributed by atoms with Gasteiger partial charge in [-0.15, -0.1) is 0 Å². The van der Waals surface area contributed by atoms with E-state index in [9.17, 15) is 14.7 Å². The smallest absolute Gasteiger partial charge is 0.342 e. The Morgan fingerprint density at radius 1 is 0.926 bits per heavy atom. The lowest BCUT2D eigenvalue weighted by molar-refractivity contribution is 0.0372. The van der Waals surface area contributed by atoms with Crippen LogP contribution >= 0.6 is 0 Å². The van der Waals surface area contributed by atoms with E-state index in [0.717, 1.165) is 0 Å². The normalized spacial score (nSPS) is 11.2. The fraction of sp³-hybridized carbons (Fsp3) is 0.273. The van der Waals surface area contributed by atoms with E-state index in [-0.39, 0.29) is 29.3 Å². The van der Waals surface area contributed by atoms with E-state index in [1.54, 1.807) is 56.3 Å². The molecule has 5 heteroatoms. The molecule has 27 heavy (non-hydrogen) atoms. The SMILES string of the molecule is CC(C)OC(=O)c1cccc(/C=C/C(=O)c2ccccc2O)c1OC(C)C. The average molecular weight is 368 g/mol. The number of phenolic OH excluding ortho intramolecular Hbond substituents is 1. The Morgan fingerprint density at radius 2 is 1.59 bits per heavy atom. The van der Waals surface area contributed by atoms with Gasteiger partial charge in [0.15, 0.2) is 5.78 Å². The van der Waals surface area contributed by atoms with Crippen molar-refractivity contribution in [3.8, 4) is 11.5 Å². The van der Waals surface area contributed by atoms with Crippen LogP contribution in [0.5, 0.6) is 11.5 Å². The van der Waals surface area contributed by atoms with Crippen molar-refractivity contribution in [2.45, 2.75) is 39.9 Å². The van der Waals surface area contributed by atoms with E-state index in [0.29, 0.717) is 16.9 Å². The average Bonchev–Trinajstić information content (AvgIpc) is 2.59. The van der Waals surface area contributed by atoms with Crippen LogP contribution in [0.15, 0.2) is 48.5 Å². The van der Waals surface area contributed by atoms with Crippen LogP contribution < -0.4 is 4.74 Å². The van der Waals surface area contributed by atoms with Crippen molar-refractivity contribution in [2.75, 3.05) is 0 Å². The molecule has 0 saturated heterocycles. The summed E-state index contributed by atoms with van der Waals surface area (Å²) in [7, 11) is 0. The summed E-state index contributed by atoms with van der Waals surface area (Å²) < 4.78 is 11.1. The predicted molar refractivity (Wildman–Crippen MR) is 104 cm³/mol. The molecular formula is C22H24O5. The number of hydrogen-bond acceptors (Lipinski definition) is 5. The van der Waals surface area contributed by atoms with Crippen LogP contribution in [-0.2, 0) is 4.74 Å². The van der Waals surface area contributed by atoms with Gasteiger partial charge in [0.25, 0.3) is 0 Å². The molecule has 142 valence electrons. The number of ketones is 1. The van der Waals surface area contributed by atoms with E-state index >= 15 is 0 Å². The fourth-order valence-corrected chi connectivity index (χ4v) is 2.43. The number of carbonyl (C=O) groups is 2. The Balaban J connectivity index is 2.39. The van der Waals surface area contributed by atoms with E-state index in [1.807, 2.05) is 13.8 Å². The largest absolute Gasteiger partial charge is 0.507 e. The highest BCUT2D eigenvalue weighted by atomic mass is 16.5. The first-order valence-electron chi connectivity index (χ1n) is 8.80. The van der Waals surface area contributed by atoms with E-state index in [1.165, 1.54) is 12.1 Å². The summed E-state index contributed by atoms with van der Waals surface area (Å²) in [5.41, 5.74) is 1.08. The molecular weight excluding hydrogens is 344 g/mol. The monoisotopic (exact) mass is 368 g/mol. The van der Waals surface area contributed by atoms with Gasteiger partial charge in [0.1, 0.15) is 17.1 Å². The molecule has 0 aliphatic rings. The first-order chi connectivity index (χ1) is 12.8. The van der Waals surface area contributed by atoms with Crippen molar-refractivity contribution in [1.82, 2.24) is 0 Å². The highest BCUT2D eigenvalue weighted by Gasteiger charge is 2.19. The van der Waals surface area contributed by atoms with Gasteiger partial charge in [-0.3, -0.25) is 4.79 Å². The minimum Gasteiger partial charge on any atom is -0.507 e. The zero-order chi connectivity index (χ0) is 20.0. The topological polar surface area (TPSA) is 72.8 Å². The molecule has 0 aliphatic carbocycles. The molecule has 0 saturated carbocycles. The third kappa shape index (κ3) is 5.45. The molecule has 2 aromatic rings. The molecule has 0 heterocycles. The predicted octanol–water partition coefficient (Wildman–Crippen LogP) is 4.64. The second kappa shape index (κ2) is 9.03. The van der Waals surface area contributed by atoms with Gasteiger partial charge in [-0.05, 0) is 58.0 Å². The van der Waals surface area contributed by atoms with E-state index in [2.05, 4.69) is 0 Å². The lowest BCUT2D eigenvalue weighted by atomic mass is 10.1. The summed E-state index contributed by atoms with van der Waals surface area (Å²) in [6, 6.07) is 11.4. The molecule has 0 aromatic heterocycles. The maximum Gasteiger partial charge on any atom is 0.342 e. The summed E-state index contributed by atoms with van der Waals surface area (Å²) >= 11 is 0. The number of esters is 1. The fourth-order valence-electron chi connectivity index (χ4n) is 2.43. The molecule has 5 nitrogen and oxygen atoms in total. The first kappa shape index (κ1) is 20.2. The second-order valence-electron chi connectivity index (χ2n) is 6.56. The van der Waals surface area contributed by atoms with Crippen LogP contribution in [0.3, 0.4) is 0 Å². The number of benzene rings is 2. The van der Waals surface area contributed by atoms with Gasteiger partial charge in [0, 0.05) is 5.56 Å². The Bertz CT molecular complexity index is 850. The highest BCUT2D eigenvalue weighted by molar-refractivity contribution is 6.08. The van der Waals surface area contributed by atoms with Crippen LogP contribution in [0.25, 0.3) is 6.08 Å².